The third-order valence-corrected chi connectivity index (χ3v) is 3.42. The zero-order valence-corrected chi connectivity index (χ0v) is 14.7. The van der Waals surface area contributed by atoms with E-state index in [1.807, 2.05) is 0 Å². The van der Waals surface area contributed by atoms with Crippen molar-refractivity contribution in [2.45, 2.75) is 41.5 Å². The quantitative estimate of drug-likeness (QED) is 0.368. The number of hydrogen-bond acceptors (Lipinski definition) is 6. The van der Waals surface area contributed by atoms with Gasteiger partial charge in [-0.1, -0.05) is 0 Å². The van der Waals surface area contributed by atoms with Gasteiger partial charge in [0.1, 0.15) is 17.3 Å². The highest BCUT2D eigenvalue weighted by atomic mass is 28.3. The van der Waals surface area contributed by atoms with Crippen LogP contribution in [0.25, 0.3) is 0 Å². The maximum Gasteiger partial charge on any atom is 1.05 e. The molecule has 0 aliphatic carbocycles. The molecule has 7 heteroatoms. The maximum atomic E-state index is 11.0. The van der Waals surface area contributed by atoms with Crippen LogP contribution in [0.15, 0.2) is 35.5 Å². The molecule has 6 nitrogen and oxygen atoms in total. The summed E-state index contributed by atoms with van der Waals surface area (Å²) in [5.74, 6) is 0.454. The van der Waals surface area contributed by atoms with Crippen molar-refractivity contribution in [3.63, 3.8) is 0 Å². The van der Waals surface area contributed by atoms with E-state index < -0.39 is 9.53 Å². The molecule has 0 aliphatic heterocycles. The van der Waals surface area contributed by atoms with Gasteiger partial charge in [0.15, 0.2) is 17.3 Å². The van der Waals surface area contributed by atoms with Crippen molar-refractivity contribution < 1.29 is 27.7 Å². The third-order valence-electron chi connectivity index (χ3n) is 1.95. The lowest BCUT2D eigenvalue weighted by molar-refractivity contribution is -0.113. The van der Waals surface area contributed by atoms with Gasteiger partial charge in [0.25, 0.3) is 0 Å². The topological polar surface area (TPSA) is 78.9 Å². The van der Waals surface area contributed by atoms with E-state index in [1.165, 1.54) is 39.0 Å². The van der Waals surface area contributed by atoms with Gasteiger partial charge in [-0.3, -0.25) is 27.7 Å². The fourth-order valence-corrected chi connectivity index (χ4v) is 2.49. The van der Waals surface area contributed by atoms with Crippen LogP contribution in [-0.2, 0) is 27.7 Å². The Morgan fingerprint density at radius 3 is 1.00 bits per heavy atom. The molecule has 0 amide bonds. The van der Waals surface area contributed by atoms with Crippen molar-refractivity contribution in [1.29, 1.82) is 0 Å². The van der Waals surface area contributed by atoms with Gasteiger partial charge in [-0.15, -0.1) is 0 Å². The van der Waals surface area contributed by atoms with Crippen molar-refractivity contribution >= 4 is 26.9 Å². The fraction of sp³-hybridized carbons (Fsp3) is 0.400. The molecule has 0 heterocycles. The molecule has 22 heavy (non-hydrogen) atoms. The third kappa shape index (κ3) is 10.6. The normalized spacial score (nSPS) is 12.5. The minimum Gasteiger partial charge on any atom is -0.299 e. The molecule has 0 atom stereocenters. The van der Waals surface area contributed by atoms with Gasteiger partial charge in [0.2, 0.25) is 0 Å². The van der Waals surface area contributed by atoms with Crippen molar-refractivity contribution in [1.82, 2.24) is 0 Å². The van der Waals surface area contributed by atoms with Crippen LogP contribution >= 0.6 is 0 Å². The van der Waals surface area contributed by atoms with Gasteiger partial charge in [0.05, 0.1) is 0 Å². The Bertz CT molecular complexity index is 454. The first-order valence-electron chi connectivity index (χ1n) is 6.57. The molecule has 0 aromatic heterocycles. The highest BCUT2D eigenvalue weighted by Crippen LogP contribution is 2.11. The van der Waals surface area contributed by atoms with Gasteiger partial charge in [-0.25, -0.2) is 0 Å². The van der Waals surface area contributed by atoms with Crippen LogP contribution in [0.1, 0.15) is 41.5 Å². The number of carbonyl (C=O) groups is 3. The molecule has 120 valence electrons. The van der Waals surface area contributed by atoms with E-state index in [9.17, 15) is 14.4 Å². The number of rotatable bonds is 9. The lowest BCUT2D eigenvalue weighted by Gasteiger charge is -2.03. The Balaban J connectivity index is 5.10. The smallest absolute Gasteiger partial charge is 0.299 e. The van der Waals surface area contributed by atoms with Gasteiger partial charge >= 0.3 is 9.53 Å². The molecule has 0 spiro atoms. The monoisotopic (exact) mass is 325 g/mol. The van der Waals surface area contributed by atoms with E-state index in [0.29, 0.717) is 17.3 Å². The minimum absolute atomic E-state index is 0.175. The van der Waals surface area contributed by atoms with Crippen molar-refractivity contribution in [2.75, 3.05) is 0 Å². The lowest BCUT2D eigenvalue weighted by Crippen LogP contribution is -2.26. The molecule has 0 aromatic carbocycles. The SMILES string of the molecule is CC(=O)/C=C(/C)O[Si+](O/C(C)=C\C(C)=O)O/C(C)=C\C(C)=O. The number of allylic oxidation sites excluding steroid dienone is 6. The van der Waals surface area contributed by atoms with Gasteiger partial charge < -0.3 is 0 Å². The molecule has 0 fully saturated rings. The van der Waals surface area contributed by atoms with Gasteiger partial charge in [-0.2, -0.15) is 0 Å². The number of hydrogen-bond donors (Lipinski definition) is 0. The molecule has 0 aromatic rings. The summed E-state index contributed by atoms with van der Waals surface area (Å²) in [5.41, 5.74) is 0. The predicted molar refractivity (Wildman–Crippen MR) is 82.3 cm³/mol. The Labute approximate surface area is 132 Å². The van der Waals surface area contributed by atoms with E-state index >= 15 is 0 Å². The molecule has 0 bridgehead atoms. The van der Waals surface area contributed by atoms with Crippen LogP contribution in [-0.4, -0.2) is 26.9 Å². The Hall–Kier alpha value is -2.15. The van der Waals surface area contributed by atoms with Crippen molar-refractivity contribution in [2.24, 2.45) is 0 Å². The van der Waals surface area contributed by atoms with Crippen LogP contribution < -0.4 is 0 Å². The Kier molecular flexibility index (Phi) is 8.77. The molecule has 0 saturated heterocycles. The van der Waals surface area contributed by atoms with Crippen molar-refractivity contribution in [3.05, 3.63) is 35.5 Å². The minimum atomic E-state index is -2.34. The molecular formula is C15H21O6Si+. The highest BCUT2D eigenvalue weighted by molar-refractivity contribution is 6.37. The summed E-state index contributed by atoms with van der Waals surface area (Å²) >= 11 is 0. The molecule has 0 radical (unpaired) electrons. The van der Waals surface area contributed by atoms with E-state index in [0.717, 1.165) is 0 Å². The van der Waals surface area contributed by atoms with Crippen LogP contribution in [0.2, 0.25) is 0 Å². The average Bonchev–Trinajstić information content (AvgIpc) is 2.23. The van der Waals surface area contributed by atoms with Crippen LogP contribution in [0.4, 0.5) is 0 Å². The van der Waals surface area contributed by atoms with Crippen molar-refractivity contribution in [3.8, 4) is 0 Å². The Morgan fingerprint density at radius 1 is 0.591 bits per heavy atom. The van der Waals surface area contributed by atoms with E-state index in [4.69, 9.17) is 13.3 Å². The first kappa shape index (κ1) is 19.8. The van der Waals surface area contributed by atoms with Crippen LogP contribution in [0.3, 0.4) is 0 Å². The second-order valence-electron chi connectivity index (χ2n) is 4.65. The summed E-state index contributed by atoms with van der Waals surface area (Å²) in [6, 6.07) is 0. The predicted octanol–water partition coefficient (Wildman–Crippen LogP) is 2.50. The molecule has 0 rings (SSSR count). The molecule has 0 unspecified atom stereocenters. The standard InChI is InChI=1S/C15H21O6Si/c1-10(16)7-13(4)19-22(20-14(5)8-11(2)17)21-15(6)9-12(3)18/h7-9H,1-6H3/q+1/b13-7-,14-8-,15-9-. The lowest BCUT2D eigenvalue weighted by atomic mass is 10.4. The number of ketones is 3. The van der Waals surface area contributed by atoms with E-state index in [-0.39, 0.29) is 17.3 Å². The van der Waals surface area contributed by atoms with E-state index in [2.05, 4.69) is 0 Å². The zero-order chi connectivity index (χ0) is 17.3. The highest BCUT2D eigenvalue weighted by Gasteiger charge is 2.46. The second kappa shape index (κ2) is 9.72. The summed E-state index contributed by atoms with van der Waals surface area (Å²) in [6.45, 7) is 8.95. The molecule has 0 saturated carbocycles. The summed E-state index contributed by atoms with van der Waals surface area (Å²) in [4.78, 5) is 33.1. The Morgan fingerprint density at radius 2 is 0.818 bits per heavy atom. The first-order chi connectivity index (χ1) is 10.1. The largest absolute Gasteiger partial charge is 1.05 e. The second-order valence-corrected chi connectivity index (χ2v) is 5.77. The van der Waals surface area contributed by atoms with Gasteiger partial charge in [-0.05, 0) is 41.5 Å². The number of carbonyl (C=O) groups excluding carboxylic acids is 3. The summed E-state index contributed by atoms with van der Waals surface area (Å²) in [6.07, 6.45) is 3.89. The average molecular weight is 325 g/mol. The summed E-state index contributed by atoms with van der Waals surface area (Å²) in [5, 5.41) is 0. The molecule has 0 aliphatic rings. The van der Waals surface area contributed by atoms with Gasteiger partial charge in [0, 0.05) is 18.2 Å². The molecular weight excluding hydrogens is 304 g/mol. The van der Waals surface area contributed by atoms with Crippen LogP contribution in [0, 0.1) is 0 Å². The fourth-order valence-electron chi connectivity index (χ4n) is 1.40. The molecule has 0 N–H and O–H groups in total. The maximum absolute atomic E-state index is 11.0. The first-order valence-corrected chi connectivity index (χ1v) is 7.79. The zero-order valence-electron chi connectivity index (χ0n) is 13.7. The van der Waals surface area contributed by atoms with E-state index in [1.54, 1.807) is 20.8 Å². The summed E-state index contributed by atoms with van der Waals surface area (Å²) < 4.78 is 16.4. The van der Waals surface area contributed by atoms with Crippen LogP contribution in [0.5, 0.6) is 0 Å². The summed E-state index contributed by atoms with van der Waals surface area (Å²) in [7, 11) is -2.34.